The van der Waals surface area contributed by atoms with E-state index in [2.05, 4.69) is 30.9 Å². The third kappa shape index (κ3) is 6.45. The molecule has 0 radical (unpaired) electrons. The van der Waals surface area contributed by atoms with Crippen LogP contribution >= 0.6 is 0 Å². The number of hydrogen-bond donors (Lipinski definition) is 3. The Morgan fingerprint density at radius 1 is 1.00 bits per heavy atom. The van der Waals surface area contributed by atoms with Gasteiger partial charge < -0.3 is 20.9 Å². The summed E-state index contributed by atoms with van der Waals surface area (Å²) in [5.74, 6) is -1.28. The quantitative estimate of drug-likeness (QED) is 0.174. The lowest BCUT2D eigenvalue weighted by atomic mass is 9.97. The molecule has 3 aromatic carbocycles. The Morgan fingerprint density at radius 2 is 1.77 bits per heavy atom. The average molecular weight is 590 g/mol. The van der Waals surface area contributed by atoms with Gasteiger partial charge in [-0.1, -0.05) is 24.3 Å². The summed E-state index contributed by atoms with van der Waals surface area (Å²) in [4.78, 5) is 45.9. The SMILES string of the molecule is Cc1cc(C(=O)Nc2cccc(C(=O)c3ccc4c(c3)NC(=O)C4C=Nc3ccc(NCCN4CCCC4)cc3)c2)n(C)n1. The summed E-state index contributed by atoms with van der Waals surface area (Å²) in [6, 6.07) is 21.5. The van der Waals surface area contributed by atoms with Crippen molar-refractivity contribution in [2.24, 2.45) is 12.0 Å². The molecule has 224 valence electrons. The van der Waals surface area contributed by atoms with Crippen LogP contribution in [0.3, 0.4) is 0 Å². The molecule has 10 heteroatoms. The summed E-state index contributed by atoms with van der Waals surface area (Å²) >= 11 is 0. The second-order valence-electron chi connectivity index (χ2n) is 11.2. The normalized spacial score (nSPS) is 16.2. The van der Waals surface area contributed by atoms with E-state index in [1.807, 2.05) is 31.2 Å². The highest BCUT2D eigenvalue weighted by atomic mass is 16.2. The molecule has 2 aliphatic heterocycles. The summed E-state index contributed by atoms with van der Waals surface area (Å²) in [7, 11) is 1.71. The van der Waals surface area contributed by atoms with Gasteiger partial charge >= 0.3 is 0 Å². The van der Waals surface area contributed by atoms with Crippen LogP contribution in [0.1, 0.15) is 56.4 Å². The molecule has 2 amide bonds. The number of carbonyl (C=O) groups excluding carboxylic acids is 3. The number of amides is 2. The first-order valence-electron chi connectivity index (χ1n) is 14.9. The Labute approximate surface area is 256 Å². The van der Waals surface area contributed by atoms with Crippen molar-refractivity contribution in [3.8, 4) is 0 Å². The standard InChI is InChI=1S/C34H35N7O3/c1-22-18-31(40(2)39-22)34(44)37-27-7-5-6-23(19-27)32(42)24-8-13-28-29(33(43)38-30(28)20-24)21-36-26-11-9-25(10-12-26)35-14-17-41-15-3-4-16-41/h5-13,18-21,29,35H,3-4,14-17H2,1-2H3,(H,37,44)(H,38,43). The van der Waals surface area contributed by atoms with E-state index in [1.165, 1.54) is 30.6 Å². The fourth-order valence-electron chi connectivity index (χ4n) is 5.69. The number of hydrogen-bond acceptors (Lipinski definition) is 7. The highest BCUT2D eigenvalue weighted by Crippen LogP contribution is 2.33. The Kier molecular flexibility index (Phi) is 8.33. The fourth-order valence-corrected chi connectivity index (χ4v) is 5.69. The number of nitrogens with one attached hydrogen (secondary N) is 3. The van der Waals surface area contributed by atoms with Gasteiger partial charge in [-0.2, -0.15) is 5.10 Å². The summed E-state index contributed by atoms with van der Waals surface area (Å²) in [6.45, 7) is 6.14. The molecule has 2 aliphatic rings. The molecule has 3 N–H and O–H groups in total. The Hall–Kier alpha value is -5.09. The van der Waals surface area contributed by atoms with Crippen molar-refractivity contribution in [2.75, 3.05) is 42.1 Å². The van der Waals surface area contributed by atoms with E-state index in [-0.39, 0.29) is 17.6 Å². The zero-order valence-electron chi connectivity index (χ0n) is 24.8. The molecule has 1 fully saturated rings. The average Bonchev–Trinajstić information content (AvgIpc) is 3.74. The first-order chi connectivity index (χ1) is 21.3. The van der Waals surface area contributed by atoms with Gasteiger partial charge in [-0.25, -0.2) is 0 Å². The monoisotopic (exact) mass is 589 g/mol. The molecule has 0 bridgehead atoms. The van der Waals surface area contributed by atoms with Crippen LogP contribution in [0.15, 0.2) is 77.8 Å². The third-order valence-corrected chi connectivity index (χ3v) is 8.00. The molecular weight excluding hydrogens is 554 g/mol. The minimum Gasteiger partial charge on any atom is -0.384 e. The van der Waals surface area contributed by atoms with Crippen LogP contribution in [-0.4, -0.2) is 64.7 Å². The van der Waals surface area contributed by atoms with Crippen LogP contribution in [-0.2, 0) is 11.8 Å². The number of carbonyl (C=O) groups is 3. The molecule has 44 heavy (non-hydrogen) atoms. The summed E-state index contributed by atoms with van der Waals surface area (Å²) in [6.07, 6.45) is 4.23. The van der Waals surface area contributed by atoms with Crippen molar-refractivity contribution >= 4 is 46.6 Å². The number of benzene rings is 3. The highest BCUT2D eigenvalue weighted by Gasteiger charge is 2.30. The van der Waals surface area contributed by atoms with Crippen molar-refractivity contribution in [2.45, 2.75) is 25.7 Å². The second kappa shape index (κ2) is 12.6. The lowest BCUT2D eigenvalue weighted by molar-refractivity contribution is -0.115. The lowest BCUT2D eigenvalue weighted by Crippen LogP contribution is -2.25. The molecule has 3 heterocycles. The van der Waals surface area contributed by atoms with Crippen LogP contribution in [0.5, 0.6) is 0 Å². The zero-order chi connectivity index (χ0) is 30.6. The first-order valence-corrected chi connectivity index (χ1v) is 14.9. The maximum Gasteiger partial charge on any atom is 0.273 e. The molecule has 1 atom stereocenters. The lowest BCUT2D eigenvalue weighted by Gasteiger charge is -2.15. The zero-order valence-corrected chi connectivity index (χ0v) is 24.8. The van der Waals surface area contributed by atoms with Gasteiger partial charge in [-0.15, -0.1) is 0 Å². The molecular formula is C34H35N7O3. The van der Waals surface area contributed by atoms with Gasteiger partial charge in [-0.3, -0.25) is 24.1 Å². The summed E-state index contributed by atoms with van der Waals surface area (Å²) < 4.78 is 1.52. The van der Waals surface area contributed by atoms with Gasteiger partial charge in [0.05, 0.1) is 11.4 Å². The van der Waals surface area contributed by atoms with Crippen LogP contribution in [0.25, 0.3) is 0 Å². The van der Waals surface area contributed by atoms with Gasteiger partial charge in [0.15, 0.2) is 5.78 Å². The maximum atomic E-state index is 13.4. The number of likely N-dealkylation sites (tertiary alicyclic amines) is 1. The molecule has 1 aromatic heterocycles. The molecule has 0 aliphatic carbocycles. The molecule has 4 aromatic rings. The van der Waals surface area contributed by atoms with E-state index in [1.54, 1.807) is 61.8 Å². The van der Waals surface area contributed by atoms with E-state index in [9.17, 15) is 14.4 Å². The van der Waals surface area contributed by atoms with Crippen molar-refractivity contribution in [1.29, 1.82) is 0 Å². The van der Waals surface area contributed by atoms with Crippen molar-refractivity contribution < 1.29 is 14.4 Å². The number of aryl methyl sites for hydroxylation is 2. The van der Waals surface area contributed by atoms with Gasteiger partial charge in [0.25, 0.3) is 5.91 Å². The topological polar surface area (TPSA) is 121 Å². The molecule has 1 unspecified atom stereocenters. The number of aromatic nitrogens is 2. The van der Waals surface area contributed by atoms with Crippen LogP contribution in [0.4, 0.5) is 22.7 Å². The first kappa shape index (κ1) is 29.0. The van der Waals surface area contributed by atoms with E-state index in [0.29, 0.717) is 28.2 Å². The Balaban J connectivity index is 1.09. The minimum absolute atomic E-state index is 0.191. The molecule has 6 rings (SSSR count). The number of rotatable bonds is 10. The number of aliphatic imine (C=N–C) groups is 1. The molecule has 0 spiro atoms. The van der Waals surface area contributed by atoms with Crippen LogP contribution < -0.4 is 16.0 Å². The largest absolute Gasteiger partial charge is 0.384 e. The molecule has 10 nitrogen and oxygen atoms in total. The van der Waals surface area contributed by atoms with Crippen molar-refractivity contribution in [3.63, 3.8) is 0 Å². The van der Waals surface area contributed by atoms with Gasteiger partial charge in [-0.05, 0) is 86.9 Å². The smallest absolute Gasteiger partial charge is 0.273 e. The summed E-state index contributed by atoms with van der Waals surface area (Å²) in [5.41, 5.74) is 5.66. The number of nitrogens with zero attached hydrogens (tertiary/aromatic N) is 4. The van der Waals surface area contributed by atoms with E-state index in [4.69, 9.17) is 0 Å². The number of anilines is 3. The van der Waals surface area contributed by atoms with Gasteiger partial charge in [0, 0.05) is 54.5 Å². The number of ketones is 1. The predicted molar refractivity (Wildman–Crippen MR) is 172 cm³/mol. The van der Waals surface area contributed by atoms with Crippen molar-refractivity contribution in [1.82, 2.24) is 14.7 Å². The Bertz CT molecular complexity index is 1740. The number of fused-ring (bicyclic) bond motifs is 1. The van der Waals surface area contributed by atoms with E-state index < -0.39 is 5.92 Å². The van der Waals surface area contributed by atoms with Crippen LogP contribution in [0, 0.1) is 6.92 Å². The highest BCUT2D eigenvalue weighted by molar-refractivity contribution is 6.15. The maximum absolute atomic E-state index is 13.4. The van der Waals surface area contributed by atoms with E-state index >= 15 is 0 Å². The fraction of sp³-hybridized carbons (Fsp3) is 0.265. The van der Waals surface area contributed by atoms with Gasteiger partial charge in [0.1, 0.15) is 11.6 Å². The van der Waals surface area contributed by atoms with E-state index in [0.717, 1.165) is 35.7 Å². The minimum atomic E-state index is -0.554. The second-order valence-corrected chi connectivity index (χ2v) is 11.2. The van der Waals surface area contributed by atoms with Crippen molar-refractivity contribution in [3.05, 3.63) is 101 Å². The van der Waals surface area contributed by atoms with Gasteiger partial charge in [0.2, 0.25) is 5.91 Å². The molecule has 1 saturated heterocycles. The van der Waals surface area contributed by atoms with Crippen LogP contribution in [0.2, 0.25) is 0 Å². The molecule has 0 saturated carbocycles. The predicted octanol–water partition coefficient (Wildman–Crippen LogP) is 5.16. The summed E-state index contributed by atoms with van der Waals surface area (Å²) in [5, 5.41) is 13.4. The Morgan fingerprint density at radius 3 is 2.52 bits per heavy atom. The third-order valence-electron chi connectivity index (χ3n) is 8.00.